The van der Waals surface area contributed by atoms with Crippen molar-refractivity contribution in [3.8, 4) is 22.5 Å². The van der Waals surface area contributed by atoms with Crippen LogP contribution in [0.15, 0.2) is 84.0 Å². The third-order valence-electron chi connectivity index (χ3n) is 5.06. The van der Waals surface area contributed by atoms with Gasteiger partial charge in [0.25, 0.3) is 0 Å². The number of benzene rings is 3. The summed E-state index contributed by atoms with van der Waals surface area (Å²) in [6.07, 6.45) is 0.959. The van der Waals surface area contributed by atoms with Gasteiger partial charge in [0.15, 0.2) is 11.0 Å². The first-order valence-electron chi connectivity index (χ1n) is 10.7. The van der Waals surface area contributed by atoms with Crippen LogP contribution in [0.25, 0.3) is 22.5 Å². The van der Waals surface area contributed by atoms with Gasteiger partial charge in [0.1, 0.15) is 0 Å². The molecular formula is C26H26N4OS. The molecule has 0 aliphatic heterocycles. The second-order valence-electron chi connectivity index (χ2n) is 7.58. The van der Waals surface area contributed by atoms with Gasteiger partial charge in [-0.3, -0.25) is 4.79 Å². The first-order valence-corrected chi connectivity index (χ1v) is 11.7. The smallest absolute Gasteiger partial charge is 0.234 e. The van der Waals surface area contributed by atoms with Gasteiger partial charge in [0, 0.05) is 23.4 Å². The van der Waals surface area contributed by atoms with Crippen molar-refractivity contribution < 1.29 is 4.79 Å². The van der Waals surface area contributed by atoms with Crippen LogP contribution < -0.4 is 5.32 Å². The number of rotatable bonds is 8. The van der Waals surface area contributed by atoms with E-state index in [4.69, 9.17) is 0 Å². The first-order chi connectivity index (χ1) is 15.7. The van der Waals surface area contributed by atoms with E-state index in [0.717, 1.165) is 46.3 Å². The number of hydrogen-bond acceptors (Lipinski definition) is 4. The molecule has 0 saturated heterocycles. The molecule has 0 saturated carbocycles. The third kappa shape index (κ3) is 5.08. The Labute approximate surface area is 192 Å². The summed E-state index contributed by atoms with van der Waals surface area (Å²) < 4.78 is 2.10. The van der Waals surface area contributed by atoms with Crippen LogP contribution in [-0.4, -0.2) is 26.4 Å². The van der Waals surface area contributed by atoms with E-state index in [2.05, 4.69) is 46.1 Å². The van der Waals surface area contributed by atoms with E-state index < -0.39 is 0 Å². The number of nitrogens with one attached hydrogen (secondary N) is 1. The first kappa shape index (κ1) is 21.8. The van der Waals surface area contributed by atoms with Gasteiger partial charge in [-0.2, -0.15) is 0 Å². The maximum Gasteiger partial charge on any atom is 0.234 e. The summed E-state index contributed by atoms with van der Waals surface area (Å²) in [4.78, 5) is 12.8. The zero-order chi connectivity index (χ0) is 22.3. The average molecular weight is 443 g/mol. The molecule has 32 heavy (non-hydrogen) atoms. The maximum atomic E-state index is 12.8. The molecule has 0 radical (unpaired) electrons. The Hall–Kier alpha value is -3.38. The Balaban J connectivity index is 1.49. The molecule has 162 valence electrons. The summed E-state index contributed by atoms with van der Waals surface area (Å²) in [5.74, 6) is 1.04. The maximum absolute atomic E-state index is 12.8. The highest BCUT2D eigenvalue weighted by atomic mass is 32.2. The predicted molar refractivity (Wildman–Crippen MR) is 132 cm³/mol. The van der Waals surface area contributed by atoms with Crippen molar-refractivity contribution in [3.63, 3.8) is 0 Å². The van der Waals surface area contributed by atoms with Crippen LogP contribution in [0.1, 0.15) is 18.9 Å². The van der Waals surface area contributed by atoms with Crippen LogP contribution in [0, 0.1) is 6.92 Å². The molecule has 0 spiro atoms. The number of carbonyl (C=O) groups is 1. The number of anilines is 1. The van der Waals surface area contributed by atoms with Gasteiger partial charge in [-0.1, -0.05) is 91.0 Å². The second kappa shape index (κ2) is 10.3. The van der Waals surface area contributed by atoms with Gasteiger partial charge >= 0.3 is 0 Å². The van der Waals surface area contributed by atoms with Gasteiger partial charge in [-0.15, -0.1) is 10.2 Å². The number of carbonyl (C=O) groups excluding carboxylic acids is 1. The summed E-state index contributed by atoms with van der Waals surface area (Å²) in [7, 11) is 0. The molecule has 0 bridgehead atoms. The molecule has 1 amide bonds. The number of amides is 1. The van der Waals surface area contributed by atoms with Gasteiger partial charge in [-0.25, -0.2) is 0 Å². The molecule has 5 nitrogen and oxygen atoms in total. The molecular weight excluding hydrogens is 416 g/mol. The number of para-hydroxylation sites is 1. The lowest BCUT2D eigenvalue weighted by Gasteiger charge is -2.12. The molecule has 0 fully saturated rings. The Morgan fingerprint density at radius 1 is 0.938 bits per heavy atom. The number of aromatic nitrogens is 3. The lowest BCUT2D eigenvalue weighted by atomic mass is 10.0. The summed E-state index contributed by atoms with van der Waals surface area (Å²) in [5, 5.41) is 12.6. The zero-order valence-electron chi connectivity index (χ0n) is 18.3. The fourth-order valence-corrected chi connectivity index (χ4v) is 4.36. The second-order valence-corrected chi connectivity index (χ2v) is 8.52. The molecule has 1 aromatic heterocycles. The number of thioether (sulfide) groups is 1. The number of nitrogens with zero attached hydrogens (tertiary/aromatic N) is 3. The molecule has 3 aromatic carbocycles. The molecule has 0 atom stereocenters. The van der Waals surface area contributed by atoms with Gasteiger partial charge < -0.3 is 9.88 Å². The topological polar surface area (TPSA) is 59.8 Å². The highest BCUT2D eigenvalue weighted by Crippen LogP contribution is 2.29. The van der Waals surface area contributed by atoms with Crippen molar-refractivity contribution in [1.29, 1.82) is 0 Å². The molecule has 0 aliphatic carbocycles. The Bertz CT molecular complexity index is 1200. The van der Waals surface area contributed by atoms with Crippen molar-refractivity contribution in [2.45, 2.75) is 32.0 Å². The third-order valence-corrected chi connectivity index (χ3v) is 6.03. The van der Waals surface area contributed by atoms with E-state index in [9.17, 15) is 4.79 Å². The monoisotopic (exact) mass is 442 g/mol. The fraction of sp³-hybridized carbons (Fsp3) is 0.192. The molecule has 4 rings (SSSR count). The van der Waals surface area contributed by atoms with Gasteiger partial charge in [-0.05, 0) is 31.0 Å². The summed E-state index contributed by atoms with van der Waals surface area (Å²) >= 11 is 1.41. The van der Waals surface area contributed by atoms with E-state index in [-0.39, 0.29) is 11.7 Å². The SMILES string of the molecule is CCCn1c(SCC(=O)Nc2ccccc2-c2ccccc2)nnc1-c1cccc(C)c1. The predicted octanol–water partition coefficient (Wildman–Crippen LogP) is 6.06. The summed E-state index contributed by atoms with van der Waals surface area (Å²) in [5.41, 5.74) is 5.10. The Morgan fingerprint density at radius 2 is 1.69 bits per heavy atom. The van der Waals surface area contributed by atoms with Crippen molar-refractivity contribution in [2.24, 2.45) is 0 Å². The number of hydrogen-bond donors (Lipinski definition) is 1. The van der Waals surface area contributed by atoms with Gasteiger partial charge in [0.2, 0.25) is 5.91 Å². The molecule has 0 aliphatic rings. The van der Waals surface area contributed by atoms with Crippen LogP contribution in [0.4, 0.5) is 5.69 Å². The van der Waals surface area contributed by atoms with Crippen LogP contribution in [0.2, 0.25) is 0 Å². The molecule has 4 aromatic rings. The molecule has 6 heteroatoms. The normalized spacial score (nSPS) is 10.8. The minimum absolute atomic E-state index is 0.0680. The number of aryl methyl sites for hydroxylation is 1. The van der Waals surface area contributed by atoms with E-state index in [1.54, 1.807) is 0 Å². The molecule has 1 heterocycles. The van der Waals surface area contributed by atoms with Crippen molar-refractivity contribution in [3.05, 3.63) is 84.4 Å². The van der Waals surface area contributed by atoms with Gasteiger partial charge in [0.05, 0.1) is 5.75 Å². The highest BCUT2D eigenvalue weighted by Gasteiger charge is 2.16. The van der Waals surface area contributed by atoms with Crippen LogP contribution in [-0.2, 0) is 11.3 Å². The van der Waals surface area contributed by atoms with Crippen molar-refractivity contribution >= 4 is 23.4 Å². The van der Waals surface area contributed by atoms with E-state index >= 15 is 0 Å². The van der Waals surface area contributed by atoms with Crippen molar-refractivity contribution in [1.82, 2.24) is 14.8 Å². The fourth-order valence-electron chi connectivity index (χ4n) is 3.60. The Morgan fingerprint density at radius 3 is 2.47 bits per heavy atom. The molecule has 1 N–H and O–H groups in total. The lowest BCUT2D eigenvalue weighted by molar-refractivity contribution is -0.113. The highest BCUT2D eigenvalue weighted by molar-refractivity contribution is 7.99. The largest absolute Gasteiger partial charge is 0.325 e. The van der Waals surface area contributed by atoms with E-state index in [1.165, 1.54) is 17.3 Å². The molecule has 0 unspecified atom stereocenters. The summed E-state index contributed by atoms with van der Waals surface area (Å²) in [6, 6.07) is 26.2. The van der Waals surface area contributed by atoms with Crippen LogP contribution >= 0.6 is 11.8 Å². The van der Waals surface area contributed by atoms with Crippen molar-refractivity contribution in [2.75, 3.05) is 11.1 Å². The van der Waals surface area contributed by atoms with Crippen LogP contribution in [0.3, 0.4) is 0 Å². The Kier molecular flexibility index (Phi) is 7.02. The van der Waals surface area contributed by atoms with Crippen LogP contribution in [0.5, 0.6) is 0 Å². The average Bonchev–Trinajstić information content (AvgIpc) is 3.21. The minimum atomic E-state index is -0.0680. The lowest BCUT2D eigenvalue weighted by Crippen LogP contribution is -2.15. The minimum Gasteiger partial charge on any atom is -0.325 e. The standard InChI is InChI=1S/C26H26N4OS/c1-3-16-30-25(21-13-9-10-19(2)17-21)28-29-26(30)32-18-24(31)27-23-15-8-7-14-22(23)20-11-5-4-6-12-20/h4-15,17H,3,16,18H2,1-2H3,(H,27,31). The van der Waals surface area contributed by atoms with E-state index in [0.29, 0.717) is 0 Å². The van der Waals surface area contributed by atoms with E-state index in [1.807, 2.05) is 66.7 Å². The zero-order valence-corrected chi connectivity index (χ0v) is 19.1. The quantitative estimate of drug-likeness (QED) is 0.337. The summed E-state index contributed by atoms with van der Waals surface area (Å²) in [6.45, 7) is 5.00.